The van der Waals surface area contributed by atoms with Gasteiger partial charge in [-0.3, -0.25) is 4.79 Å². The molecule has 1 amide bonds. The van der Waals surface area contributed by atoms with E-state index in [-0.39, 0.29) is 5.91 Å². The van der Waals surface area contributed by atoms with Gasteiger partial charge in [0.1, 0.15) is 18.1 Å². The maximum atomic E-state index is 12.8. The number of aliphatic hydroxyl groups is 1. The molecular weight excluding hydrogens is 390 g/mol. The van der Waals surface area contributed by atoms with Crippen molar-refractivity contribution in [2.75, 3.05) is 13.7 Å². The molecule has 2 atom stereocenters. The summed E-state index contributed by atoms with van der Waals surface area (Å²) in [5, 5.41) is 10.5. The van der Waals surface area contributed by atoms with Crippen molar-refractivity contribution in [1.29, 1.82) is 0 Å². The molecule has 5 nitrogen and oxygen atoms in total. The van der Waals surface area contributed by atoms with Crippen LogP contribution in [-0.4, -0.2) is 35.7 Å². The molecule has 160 valence electrons. The zero-order chi connectivity index (χ0) is 21.6. The molecule has 0 aromatic heterocycles. The molecule has 1 N–H and O–H groups in total. The first-order valence-electron chi connectivity index (χ1n) is 10.5. The maximum Gasteiger partial charge on any atom is 0.229 e. The number of hydrogen-bond donors (Lipinski definition) is 1. The van der Waals surface area contributed by atoms with Gasteiger partial charge in [-0.05, 0) is 47.4 Å². The Hall–Kier alpha value is -3.31. The molecule has 1 aliphatic rings. The van der Waals surface area contributed by atoms with E-state index in [0.717, 1.165) is 28.2 Å². The van der Waals surface area contributed by atoms with Gasteiger partial charge >= 0.3 is 0 Å². The first kappa shape index (κ1) is 20.9. The van der Waals surface area contributed by atoms with Gasteiger partial charge in [-0.2, -0.15) is 0 Å². The number of nitrogens with zero attached hydrogens (tertiary/aromatic N) is 1. The van der Waals surface area contributed by atoms with E-state index < -0.39 is 12.0 Å². The van der Waals surface area contributed by atoms with Crippen molar-refractivity contribution in [3.8, 4) is 11.5 Å². The van der Waals surface area contributed by atoms with E-state index in [1.165, 1.54) is 0 Å². The van der Waals surface area contributed by atoms with Crippen LogP contribution in [0.1, 0.15) is 16.7 Å². The molecule has 0 aliphatic carbocycles. The molecule has 0 unspecified atom stereocenters. The molecule has 3 aromatic carbocycles. The van der Waals surface area contributed by atoms with Gasteiger partial charge in [0.05, 0.1) is 19.1 Å². The molecule has 1 saturated heterocycles. The lowest BCUT2D eigenvalue weighted by molar-refractivity contribution is -0.131. The zero-order valence-corrected chi connectivity index (χ0v) is 17.6. The number of β-amino-alcohol motifs (C(OH)–C–C–N with tert-alkyl or cyclic N) is 1. The third kappa shape index (κ3) is 5.25. The second-order valence-electron chi connectivity index (χ2n) is 7.86. The van der Waals surface area contributed by atoms with E-state index in [4.69, 9.17) is 9.47 Å². The van der Waals surface area contributed by atoms with E-state index in [1.807, 2.05) is 78.9 Å². The highest BCUT2D eigenvalue weighted by Crippen LogP contribution is 2.26. The van der Waals surface area contributed by atoms with Crippen molar-refractivity contribution >= 4 is 5.91 Å². The summed E-state index contributed by atoms with van der Waals surface area (Å²) < 4.78 is 11.0. The van der Waals surface area contributed by atoms with Crippen LogP contribution in [0, 0.1) is 5.92 Å². The first-order valence-corrected chi connectivity index (χ1v) is 10.5. The topological polar surface area (TPSA) is 59.0 Å². The van der Waals surface area contributed by atoms with Crippen LogP contribution in [0.2, 0.25) is 0 Å². The van der Waals surface area contributed by atoms with Crippen LogP contribution in [0.5, 0.6) is 11.5 Å². The van der Waals surface area contributed by atoms with Crippen molar-refractivity contribution in [2.45, 2.75) is 25.7 Å². The fourth-order valence-electron chi connectivity index (χ4n) is 3.88. The summed E-state index contributed by atoms with van der Waals surface area (Å²) in [6, 6.07) is 25.4. The molecule has 1 aliphatic heterocycles. The van der Waals surface area contributed by atoms with E-state index in [9.17, 15) is 9.90 Å². The molecule has 0 bridgehead atoms. The summed E-state index contributed by atoms with van der Waals surface area (Å²) in [6.07, 6.45) is -0.133. The Balaban J connectivity index is 1.32. The second-order valence-corrected chi connectivity index (χ2v) is 7.86. The number of likely N-dealkylation sites (tertiary alicyclic amines) is 1. The van der Waals surface area contributed by atoms with Crippen LogP contribution in [0.4, 0.5) is 0 Å². The lowest BCUT2D eigenvalue weighted by Gasteiger charge is -2.16. The number of rotatable bonds is 8. The van der Waals surface area contributed by atoms with Gasteiger partial charge in [0.2, 0.25) is 5.91 Å². The summed E-state index contributed by atoms with van der Waals surface area (Å²) >= 11 is 0. The van der Waals surface area contributed by atoms with Crippen LogP contribution in [0.15, 0.2) is 78.9 Å². The molecule has 0 spiro atoms. The highest BCUT2D eigenvalue weighted by molar-refractivity contribution is 5.82. The quantitative estimate of drug-likeness (QED) is 0.605. The van der Waals surface area contributed by atoms with Gasteiger partial charge in [-0.1, -0.05) is 54.6 Å². The number of hydrogen-bond acceptors (Lipinski definition) is 4. The number of amides is 1. The summed E-state index contributed by atoms with van der Waals surface area (Å²) in [5.74, 6) is 1.19. The highest BCUT2D eigenvalue weighted by atomic mass is 16.5. The molecule has 31 heavy (non-hydrogen) atoms. The molecule has 5 heteroatoms. The van der Waals surface area contributed by atoms with Crippen molar-refractivity contribution in [3.05, 3.63) is 95.6 Å². The minimum atomic E-state index is -0.651. The zero-order valence-electron chi connectivity index (χ0n) is 17.6. The lowest BCUT2D eigenvalue weighted by Crippen LogP contribution is -2.27. The second kappa shape index (κ2) is 9.67. The highest BCUT2D eigenvalue weighted by Gasteiger charge is 2.39. The molecule has 0 saturated carbocycles. The largest absolute Gasteiger partial charge is 0.497 e. The molecule has 1 heterocycles. The maximum absolute atomic E-state index is 12.8. The molecule has 4 rings (SSSR count). The van der Waals surface area contributed by atoms with Gasteiger partial charge in [-0.25, -0.2) is 0 Å². The smallest absolute Gasteiger partial charge is 0.229 e. The average Bonchev–Trinajstić information content (AvgIpc) is 3.07. The number of carbonyl (C=O) groups is 1. The van der Waals surface area contributed by atoms with Crippen LogP contribution < -0.4 is 9.47 Å². The number of benzene rings is 3. The van der Waals surface area contributed by atoms with Gasteiger partial charge in [0, 0.05) is 13.1 Å². The van der Waals surface area contributed by atoms with Crippen LogP contribution in [0.25, 0.3) is 0 Å². The van der Waals surface area contributed by atoms with E-state index in [2.05, 4.69) is 0 Å². The Labute approximate surface area is 182 Å². The van der Waals surface area contributed by atoms with Crippen LogP contribution in [-0.2, 0) is 24.4 Å². The van der Waals surface area contributed by atoms with Gasteiger partial charge in [0.25, 0.3) is 0 Å². The Morgan fingerprint density at radius 1 is 0.871 bits per heavy atom. The standard InChI is InChI=1S/C26H27NO4/c1-30-22-11-9-21(10-12-22)18-31-23-13-7-19(8-14-23)15-24-25(28)17-27(26(24)29)16-20-5-3-2-4-6-20/h2-14,24-25,28H,15-18H2,1H3/t24-,25+/m0/s1. The number of carbonyl (C=O) groups excluding carboxylic acids is 1. The van der Waals surface area contributed by atoms with Crippen LogP contribution >= 0.6 is 0 Å². The Bertz CT molecular complexity index is 986. The predicted octanol–water partition coefficient (Wildman–Crippen LogP) is 3.84. The molecule has 1 fully saturated rings. The normalized spacial score (nSPS) is 18.3. The lowest BCUT2D eigenvalue weighted by atomic mass is 9.96. The van der Waals surface area contributed by atoms with Crippen molar-refractivity contribution in [3.63, 3.8) is 0 Å². The van der Waals surface area contributed by atoms with E-state index >= 15 is 0 Å². The third-order valence-electron chi connectivity index (χ3n) is 5.66. The average molecular weight is 418 g/mol. The predicted molar refractivity (Wildman–Crippen MR) is 119 cm³/mol. The summed E-state index contributed by atoms with van der Waals surface area (Å²) in [7, 11) is 1.64. The van der Waals surface area contributed by atoms with Crippen molar-refractivity contribution in [2.24, 2.45) is 5.92 Å². The summed E-state index contributed by atoms with van der Waals surface area (Å²) in [6.45, 7) is 1.38. The van der Waals surface area contributed by atoms with Crippen molar-refractivity contribution < 1.29 is 19.4 Å². The minimum absolute atomic E-state index is 0.0104. The van der Waals surface area contributed by atoms with E-state index in [0.29, 0.717) is 26.1 Å². The minimum Gasteiger partial charge on any atom is -0.497 e. The summed E-state index contributed by atoms with van der Waals surface area (Å²) in [5.41, 5.74) is 3.14. The third-order valence-corrected chi connectivity index (χ3v) is 5.66. The number of ether oxygens (including phenoxy) is 2. The van der Waals surface area contributed by atoms with Gasteiger partial charge in [0.15, 0.2) is 0 Å². The van der Waals surface area contributed by atoms with Crippen LogP contribution in [0.3, 0.4) is 0 Å². The SMILES string of the molecule is COc1ccc(COc2ccc(C[C@@H]3C(=O)N(Cc4ccccc4)C[C@H]3O)cc2)cc1. The fraction of sp³-hybridized carbons (Fsp3) is 0.269. The van der Waals surface area contributed by atoms with Gasteiger partial charge in [-0.15, -0.1) is 0 Å². The summed E-state index contributed by atoms with van der Waals surface area (Å²) in [4.78, 5) is 14.6. The monoisotopic (exact) mass is 417 g/mol. The molecule has 3 aromatic rings. The fourth-order valence-corrected chi connectivity index (χ4v) is 3.88. The Kier molecular flexibility index (Phi) is 6.53. The Morgan fingerprint density at radius 3 is 2.19 bits per heavy atom. The van der Waals surface area contributed by atoms with Crippen molar-refractivity contribution in [1.82, 2.24) is 4.90 Å². The Morgan fingerprint density at radius 2 is 1.52 bits per heavy atom. The number of methoxy groups -OCH3 is 1. The van der Waals surface area contributed by atoms with Gasteiger partial charge < -0.3 is 19.5 Å². The first-order chi connectivity index (χ1) is 15.1. The van der Waals surface area contributed by atoms with E-state index in [1.54, 1.807) is 12.0 Å². The number of aliphatic hydroxyl groups excluding tert-OH is 1. The molecule has 0 radical (unpaired) electrons. The molecular formula is C26H27NO4.